The molecule has 3 rings (SSSR count). The summed E-state index contributed by atoms with van der Waals surface area (Å²) in [6.45, 7) is 1.70. The van der Waals surface area contributed by atoms with Crippen LogP contribution < -0.4 is 10.6 Å². The molecule has 8 heteroatoms. The summed E-state index contributed by atoms with van der Waals surface area (Å²) in [5.74, 6) is 0.704. The largest absolute Gasteiger partial charge is 0.360 e. The molecule has 0 spiro atoms. The number of carbonyl (C=O) groups excluding carboxylic acids is 1. The predicted octanol–water partition coefficient (Wildman–Crippen LogP) is 1.63. The van der Waals surface area contributed by atoms with Crippen LogP contribution in [0, 0.1) is 6.92 Å². The lowest BCUT2D eigenvalue weighted by atomic mass is 10.1. The molecule has 2 amide bonds. The molecular formula is C13H13N3O4S. The van der Waals surface area contributed by atoms with Gasteiger partial charge < -0.3 is 9.84 Å². The Hall–Kier alpha value is -2.35. The summed E-state index contributed by atoms with van der Waals surface area (Å²) in [6, 6.07) is 7.12. The van der Waals surface area contributed by atoms with Crippen LogP contribution in [0.15, 0.2) is 39.8 Å². The normalized spacial score (nSPS) is 19.0. The van der Waals surface area contributed by atoms with Gasteiger partial charge in [-0.15, -0.1) is 0 Å². The highest BCUT2D eigenvalue weighted by atomic mass is 32.2. The molecule has 0 saturated heterocycles. The van der Waals surface area contributed by atoms with Gasteiger partial charge in [-0.1, -0.05) is 23.4 Å². The van der Waals surface area contributed by atoms with Gasteiger partial charge in [0.2, 0.25) is 0 Å². The smallest absolute Gasteiger partial charge is 0.321 e. The summed E-state index contributed by atoms with van der Waals surface area (Å²) >= 11 is 0. The Balaban J connectivity index is 1.76. The van der Waals surface area contributed by atoms with Gasteiger partial charge in [0.05, 0.1) is 16.7 Å². The topological polar surface area (TPSA) is 101 Å². The van der Waals surface area contributed by atoms with E-state index in [1.807, 2.05) is 0 Å². The zero-order valence-electron chi connectivity index (χ0n) is 11.2. The summed E-state index contributed by atoms with van der Waals surface area (Å²) < 4.78 is 28.9. The summed E-state index contributed by atoms with van der Waals surface area (Å²) in [6.07, 6.45) is 0. The van der Waals surface area contributed by atoms with Gasteiger partial charge in [0.1, 0.15) is 5.76 Å². The average molecular weight is 307 g/mol. The van der Waals surface area contributed by atoms with Gasteiger partial charge in [0.25, 0.3) is 0 Å². The van der Waals surface area contributed by atoms with Crippen LogP contribution in [0.1, 0.15) is 17.4 Å². The minimum atomic E-state index is -3.35. The SMILES string of the molecule is Cc1cc(NC(=O)NC2CS(=O)(=O)c3ccccc32)no1. The Kier molecular flexibility index (Phi) is 3.17. The number of rotatable bonds is 2. The Morgan fingerprint density at radius 1 is 1.38 bits per heavy atom. The fourth-order valence-corrected chi connectivity index (χ4v) is 4.04. The molecule has 1 unspecified atom stereocenters. The number of amides is 2. The van der Waals surface area contributed by atoms with E-state index >= 15 is 0 Å². The van der Waals surface area contributed by atoms with E-state index in [9.17, 15) is 13.2 Å². The third-order valence-electron chi connectivity index (χ3n) is 3.19. The molecule has 110 valence electrons. The highest BCUT2D eigenvalue weighted by Gasteiger charge is 2.35. The lowest BCUT2D eigenvalue weighted by molar-refractivity contribution is 0.249. The van der Waals surface area contributed by atoms with Crippen LogP contribution in [-0.2, 0) is 9.84 Å². The third-order valence-corrected chi connectivity index (χ3v) is 5.00. The molecule has 2 N–H and O–H groups in total. The molecule has 0 radical (unpaired) electrons. The first kappa shape index (κ1) is 13.6. The van der Waals surface area contributed by atoms with E-state index in [-0.39, 0.29) is 16.5 Å². The number of anilines is 1. The molecule has 1 aliphatic rings. The van der Waals surface area contributed by atoms with Crippen molar-refractivity contribution >= 4 is 21.7 Å². The molecule has 0 saturated carbocycles. The van der Waals surface area contributed by atoms with E-state index < -0.39 is 21.9 Å². The number of sulfone groups is 1. The lowest BCUT2D eigenvalue weighted by Gasteiger charge is -2.12. The third kappa shape index (κ3) is 2.62. The van der Waals surface area contributed by atoms with Gasteiger partial charge in [-0.2, -0.15) is 0 Å². The van der Waals surface area contributed by atoms with Crippen molar-refractivity contribution in [3.8, 4) is 0 Å². The van der Waals surface area contributed by atoms with Gasteiger partial charge in [-0.3, -0.25) is 5.32 Å². The van der Waals surface area contributed by atoms with Crippen molar-refractivity contribution in [1.82, 2.24) is 10.5 Å². The second-order valence-electron chi connectivity index (χ2n) is 4.79. The van der Waals surface area contributed by atoms with Crippen molar-refractivity contribution in [3.63, 3.8) is 0 Å². The maximum atomic E-state index is 12.0. The Morgan fingerprint density at radius 2 is 2.14 bits per heavy atom. The van der Waals surface area contributed by atoms with Crippen molar-refractivity contribution in [2.75, 3.05) is 11.1 Å². The van der Waals surface area contributed by atoms with E-state index in [2.05, 4.69) is 15.8 Å². The van der Waals surface area contributed by atoms with Crippen molar-refractivity contribution in [1.29, 1.82) is 0 Å². The number of nitrogens with one attached hydrogen (secondary N) is 2. The summed E-state index contributed by atoms with van der Waals surface area (Å²) in [4.78, 5) is 12.2. The fraction of sp³-hybridized carbons (Fsp3) is 0.231. The Bertz CT molecular complexity index is 797. The monoisotopic (exact) mass is 307 g/mol. The highest BCUT2D eigenvalue weighted by molar-refractivity contribution is 7.91. The van der Waals surface area contributed by atoms with Gasteiger partial charge in [0.15, 0.2) is 15.7 Å². The van der Waals surface area contributed by atoms with Crippen molar-refractivity contribution in [2.24, 2.45) is 0 Å². The number of carbonyl (C=O) groups is 1. The first-order valence-electron chi connectivity index (χ1n) is 6.28. The van der Waals surface area contributed by atoms with Crippen LogP contribution in [0.4, 0.5) is 10.6 Å². The zero-order valence-corrected chi connectivity index (χ0v) is 12.0. The molecule has 0 aliphatic carbocycles. The minimum Gasteiger partial charge on any atom is -0.360 e. The highest BCUT2D eigenvalue weighted by Crippen LogP contribution is 2.32. The molecule has 1 atom stereocenters. The second kappa shape index (κ2) is 4.88. The molecule has 1 aromatic heterocycles. The van der Waals surface area contributed by atoms with Crippen LogP contribution in [0.5, 0.6) is 0 Å². The second-order valence-corrected chi connectivity index (χ2v) is 6.80. The number of nitrogens with zero attached hydrogens (tertiary/aromatic N) is 1. The number of benzene rings is 1. The van der Waals surface area contributed by atoms with Crippen LogP contribution in [-0.4, -0.2) is 25.4 Å². The summed E-state index contributed by atoms with van der Waals surface area (Å²) in [5.41, 5.74) is 0.601. The first-order valence-corrected chi connectivity index (χ1v) is 7.93. The van der Waals surface area contributed by atoms with Crippen molar-refractivity contribution < 1.29 is 17.7 Å². The van der Waals surface area contributed by atoms with Crippen LogP contribution in [0.25, 0.3) is 0 Å². The molecule has 7 nitrogen and oxygen atoms in total. The molecule has 0 fully saturated rings. The maximum Gasteiger partial charge on any atom is 0.321 e. The molecule has 21 heavy (non-hydrogen) atoms. The van der Waals surface area contributed by atoms with E-state index in [1.54, 1.807) is 37.3 Å². The number of aromatic nitrogens is 1. The average Bonchev–Trinajstić information content (AvgIpc) is 2.93. The fourth-order valence-electron chi connectivity index (χ4n) is 2.31. The first-order chi connectivity index (χ1) is 9.95. The standard InChI is InChI=1S/C13H13N3O4S/c1-8-6-12(16-20-8)15-13(17)14-10-7-21(18,19)11-5-3-2-4-9(10)11/h2-6,10H,7H2,1H3,(H2,14,15,16,17). The van der Waals surface area contributed by atoms with Gasteiger partial charge >= 0.3 is 6.03 Å². The number of fused-ring (bicyclic) bond motifs is 1. The zero-order chi connectivity index (χ0) is 15.0. The molecule has 2 aromatic rings. The number of hydrogen-bond acceptors (Lipinski definition) is 5. The van der Waals surface area contributed by atoms with E-state index in [0.29, 0.717) is 11.3 Å². The van der Waals surface area contributed by atoms with E-state index in [4.69, 9.17) is 4.52 Å². The predicted molar refractivity (Wildman–Crippen MR) is 74.6 cm³/mol. The van der Waals surface area contributed by atoms with Crippen LogP contribution in [0.3, 0.4) is 0 Å². The molecule has 1 aliphatic heterocycles. The Morgan fingerprint density at radius 3 is 2.86 bits per heavy atom. The van der Waals surface area contributed by atoms with Crippen molar-refractivity contribution in [3.05, 3.63) is 41.7 Å². The van der Waals surface area contributed by atoms with Crippen LogP contribution >= 0.6 is 0 Å². The van der Waals surface area contributed by atoms with Crippen molar-refractivity contribution in [2.45, 2.75) is 17.9 Å². The summed E-state index contributed by atoms with van der Waals surface area (Å²) in [7, 11) is -3.35. The van der Waals surface area contributed by atoms with E-state index in [1.165, 1.54) is 0 Å². The number of aryl methyl sites for hydroxylation is 1. The molecular weight excluding hydrogens is 294 g/mol. The quantitative estimate of drug-likeness (QED) is 0.878. The Labute approximate surface area is 121 Å². The maximum absolute atomic E-state index is 12.0. The van der Waals surface area contributed by atoms with Gasteiger partial charge in [-0.25, -0.2) is 13.2 Å². The van der Waals surface area contributed by atoms with Gasteiger partial charge in [0, 0.05) is 6.07 Å². The summed E-state index contributed by atoms with van der Waals surface area (Å²) in [5, 5.41) is 8.77. The van der Waals surface area contributed by atoms with Crippen LogP contribution in [0.2, 0.25) is 0 Å². The number of urea groups is 1. The van der Waals surface area contributed by atoms with Gasteiger partial charge in [-0.05, 0) is 18.6 Å². The molecule has 0 bridgehead atoms. The lowest BCUT2D eigenvalue weighted by Crippen LogP contribution is -2.33. The molecule has 1 aromatic carbocycles. The molecule has 2 heterocycles. The van der Waals surface area contributed by atoms with E-state index in [0.717, 1.165) is 0 Å². The minimum absolute atomic E-state index is 0.141. The number of hydrogen-bond donors (Lipinski definition) is 2.